The third-order valence-electron chi connectivity index (χ3n) is 5.97. The number of H-pyrrole nitrogens is 1. The molecule has 0 aliphatic carbocycles. The maximum absolute atomic E-state index is 12.8. The van der Waals surface area contributed by atoms with Crippen molar-refractivity contribution in [2.24, 2.45) is 0 Å². The van der Waals surface area contributed by atoms with E-state index in [-0.39, 0.29) is 23.6 Å². The predicted molar refractivity (Wildman–Crippen MR) is 112 cm³/mol. The number of amides is 2. The van der Waals surface area contributed by atoms with Gasteiger partial charge in [-0.05, 0) is 36.2 Å². The molecular formula is C22H21F3N6O3. The van der Waals surface area contributed by atoms with Gasteiger partial charge in [0.2, 0.25) is 5.88 Å². The highest BCUT2D eigenvalue weighted by Gasteiger charge is 2.37. The molecule has 1 N–H and O–H groups in total. The number of likely N-dealkylation sites (tertiary alicyclic amines) is 2. The van der Waals surface area contributed by atoms with Crippen molar-refractivity contribution in [3.63, 3.8) is 0 Å². The van der Waals surface area contributed by atoms with E-state index in [1.165, 1.54) is 24.3 Å². The van der Waals surface area contributed by atoms with E-state index in [0.29, 0.717) is 37.8 Å². The summed E-state index contributed by atoms with van der Waals surface area (Å²) < 4.78 is 46.2. The first-order valence-corrected chi connectivity index (χ1v) is 10.7. The summed E-state index contributed by atoms with van der Waals surface area (Å²) in [5.74, 6) is 0.735. The molecule has 178 valence electrons. The highest BCUT2D eigenvalue weighted by molar-refractivity contribution is 5.76. The van der Waals surface area contributed by atoms with Crippen LogP contribution in [0.25, 0.3) is 0 Å². The SMILES string of the molecule is O=C(N1CC(c2ccc(Oc3ccc(OC(F)(F)F)cc3)nc2)C1)N1CC[C@@H](c2cn[nH]n2)C1. The Hall–Kier alpha value is -3.83. The smallest absolute Gasteiger partial charge is 0.439 e. The monoisotopic (exact) mass is 474 g/mol. The van der Waals surface area contributed by atoms with Gasteiger partial charge in [-0.15, -0.1) is 13.2 Å². The first-order chi connectivity index (χ1) is 16.3. The summed E-state index contributed by atoms with van der Waals surface area (Å²) in [7, 11) is 0. The van der Waals surface area contributed by atoms with Crippen LogP contribution < -0.4 is 9.47 Å². The first-order valence-electron chi connectivity index (χ1n) is 10.7. The van der Waals surface area contributed by atoms with Gasteiger partial charge in [-0.1, -0.05) is 6.07 Å². The topological polar surface area (TPSA) is 96.5 Å². The summed E-state index contributed by atoms with van der Waals surface area (Å²) in [5, 5.41) is 10.6. The van der Waals surface area contributed by atoms with Crippen LogP contribution in [-0.2, 0) is 0 Å². The number of hydrogen-bond acceptors (Lipinski definition) is 6. The summed E-state index contributed by atoms with van der Waals surface area (Å²) >= 11 is 0. The number of benzene rings is 1. The van der Waals surface area contributed by atoms with Crippen LogP contribution in [0.15, 0.2) is 48.8 Å². The number of halogens is 3. The van der Waals surface area contributed by atoms with Crippen LogP contribution in [0, 0.1) is 0 Å². The van der Waals surface area contributed by atoms with Gasteiger partial charge in [-0.2, -0.15) is 15.4 Å². The average molecular weight is 474 g/mol. The molecule has 9 nitrogen and oxygen atoms in total. The Morgan fingerprint density at radius 3 is 2.35 bits per heavy atom. The van der Waals surface area contributed by atoms with E-state index in [9.17, 15) is 18.0 Å². The van der Waals surface area contributed by atoms with Crippen molar-refractivity contribution < 1.29 is 27.4 Å². The molecule has 2 aliphatic heterocycles. The number of hydrogen-bond donors (Lipinski definition) is 1. The molecule has 2 aromatic heterocycles. The maximum atomic E-state index is 12.8. The highest BCUT2D eigenvalue weighted by Crippen LogP contribution is 2.32. The van der Waals surface area contributed by atoms with Crippen LogP contribution >= 0.6 is 0 Å². The van der Waals surface area contributed by atoms with Crippen molar-refractivity contribution in [3.8, 4) is 17.4 Å². The number of carbonyl (C=O) groups is 1. The maximum Gasteiger partial charge on any atom is 0.573 e. The van der Waals surface area contributed by atoms with E-state index < -0.39 is 6.36 Å². The van der Waals surface area contributed by atoms with Crippen molar-refractivity contribution in [1.82, 2.24) is 30.2 Å². The number of nitrogens with one attached hydrogen (secondary N) is 1. The van der Waals surface area contributed by atoms with Gasteiger partial charge in [0.15, 0.2) is 0 Å². The number of carbonyl (C=O) groups excluding carboxylic acids is 1. The quantitative estimate of drug-likeness (QED) is 0.603. The van der Waals surface area contributed by atoms with E-state index in [1.807, 2.05) is 15.9 Å². The zero-order chi connectivity index (χ0) is 23.7. The number of aromatic nitrogens is 4. The summed E-state index contributed by atoms with van der Waals surface area (Å²) in [5.41, 5.74) is 1.88. The third kappa shape index (κ3) is 4.90. The van der Waals surface area contributed by atoms with Gasteiger partial charge in [-0.25, -0.2) is 9.78 Å². The summed E-state index contributed by atoms with van der Waals surface area (Å²) in [6, 6.07) is 8.70. The van der Waals surface area contributed by atoms with Crippen LogP contribution in [0.2, 0.25) is 0 Å². The highest BCUT2D eigenvalue weighted by atomic mass is 19.4. The molecule has 4 heterocycles. The second-order valence-corrected chi connectivity index (χ2v) is 8.26. The molecule has 1 atom stereocenters. The number of pyridine rings is 1. The molecule has 3 aromatic rings. The molecular weight excluding hydrogens is 453 g/mol. The molecule has 0 bridgehead atoms. The Kier molecular flexibility index (Phi) is 5.72. The average Bonchev–Trinajstić information content (AvgIpc) is 3.46. The van der Waals surface area contributed by atoms with E-state index >= 15 is 0 Å². The second-order valence-electron chi connectivity index (χ2n) is 8.26. The molecule has 2 aliphatic rings. The van der Waals surface area contributed by atoms with Crippen molar-refractivity contribution in [3.05, 3.63) is 60.0 Å². The van der Waals surface area contributed by atoms with E-state index in [4.69, 9.17) is 4.74 Å². The number of rotatable bonds is 5. The molecule has 2 fully saturated rings. The number of alkyl halides is 3. The fourth-order valence-electron chi connectivity index (χ4n) is 4.15. The molecule has 0 radical (unpaired) electrons. The lowest BCUT2D eigenvalue weighted by Crippen LogP contribution is -2.53. The lowest BCUT2D eigenvalue weighted by atomic mass is 9.93. The molecule has 34 heavy (non-hydrogen) atoms. The number of nitrogens with zero attached hydrogens (tertiary/aromatic N) is 5. The largest absolute Gasteiger partial charge is 0.573 e. The van der Waals surface area contributed by atoms with Gasteiger partial charge in [0, 0.05) is 50.3 Å². The van der Waals surface area contributed by atoms with Gasteiger partial charge in [-0.3, -0.25) is 0 Å². The third-order valence-corrected chi connectivity index (χ3v) is 5.97. The zero-order valence-corrected chi connectivity index (χ0v) is 17.9. The Labute approximate surface area is 192 Å². The van der Waals surface area contributed by atoms with E-state index in [0.717, 1.165) is 17.7 Å². The Balaban J connectivity index is 1.10. The fourth-order valence-corrected chi connectivity index (χ4v) is 4.15. The lowest BCUT2D eigenvalue weighted by molar-refractivity contribution is -0.274. The lowest BCUT2D eigenvalue weighted by Gasteiger charge is -2.41. The number of aromatic amines is 1. The standard InChI is InChI=1S/C22H21F3N6O3/c23-22(24,25)34-18-4-2-17(3-5-18)33-20-6-1-14(9-26-20)16-12-31(13-16)21(32)30-8-7-15(11-30)19-10-27-29-28-19/h1-6,9-10,15-16H,7-8,11-13H2,(H,27,28,29)/t15-/m1/s1. The molecule has 2 amide bonds. The predicted octanol–water partition coefficient (Wildman–Crippen LogP) is 3.90. The molecule has 0 spiro atoms. The van der Waals surface area contributed by atoms with Crippen LogP contribution in [0.3, 0.4) is 0 Å². The molecule has 2 saturated heterocycles. The number of ether oxygens (including phenoxy) is 2. The van der Waals surface area contributed by atoms with Gasteiger partial charge < -0.3 is 19.3 Å². The minimum absolute atomic E-state index is 0.0353. The molecule has 12 heteroatoms. The summed E-state index contributed by atoms with van der Waals surface area (Å²) in [4.78, 5) is 20.7. The Bertz CT molecular complexity index is 1120. The van der Waals surface area contributed by atoms with Crippen LogP contribution in [0.4, 0.5) is 18.0 Å². The molecule has 5 rings (SSSR count). The van der Waals surface area contributed by atoms with Gasteiger partial charge in [0.1, 0.15) is 11.5 Å². The van der Waals surface area contributed by atoms with E-state index in [1.54, 1.807) is 18.5 Å². The molecule has 1 aromatic carbocycles. The summed E-state index contributed by atoms with van der Waals surface area (Å²) in [6.07, 6.45) is -0.468. The minimum atomic E-state index is -4.74. The number of urea groups is 1. The van der Waals surface area contributed by atoms with Gasteiger partial charge in [0.05, 0.1) is 11.9 Å². The normalized spacial score (nSPS) is 18.6. The van der Waals surface area contributed by atoms with Crippen molar-refractivity contribution in [1.29, 1.82) is 0 Å². The fraction of sp³-hybridized carbons (Fsp3) is 0.364. The van der Waals surface area contributed by atoms with Crippen molar-refractivity contribution in [2.45, 2.75) is 24.6 Å². The van der Waals surface area contributed by atoms with Crippen LogP contribution in [0.1, 0.15) is 29.5 Å². The van der Waals surface area contributed by atoms with Gasteiger partial charge in [0.25, 0.3) is 0 Å². The second kappa shape index (κ2) is 8.84. The summed E-state index contributed by atoms with van der Waals surface area (Å²) in [6.45, 7) is 2.58. The zero-order valence-electron chi connectivity index (χ0n) is 17.9. The van der Waals surface area contributed by atoms with Crippen LogP contribution in [0.5, 0.6) is 17.4 Å². The van der Waals surface area contributed by atoms with Crippen molar-refractivity contribution in [2.75, 3.05) is 26.2 Å². The Morgan fingerprint density at radius 1 is 0.971 bits per heavy atom. The van der Waals surface area contributed by atoms with Crippen molar-refractivity contribution >= 4 is 6.03 Å². The van der Waals surface area contributed by atoms with Gasteiger partial charge >= 0.3 is 12.4 Å². The van der Waals surface area contributed by atoms with E-state index in [2.05, 4.69) is 25.1 Å². The molecule has 0 unspecified atom stereocenters. The van der Waals surface area contributed by atoms with Crippen LogP contribution in [-0.4, -0.2) is 68.8 Å². The first kappa shape index (κ1) is 22.0. The Morgan fingerprint density at radius 2 is 1.71 bits per heavy atom. The molecule has 0 saturated carbocycles. The minimum Gasteiger partial charge on any atom is -0.439 e.